The minimum absolute atomic E-state index is 0.0268. The third kappa shape index (κ3) is 3.81. The molecule has 3 aromatic carbocycles. The van der Waals surface area contributed by atoms with Gasteiger partial charge in [-0.15, -0.1) is 0 Å². The lowest BCUT2D eigenvalue weighted by molar-refractivity contribution is -0.116. The van der Waals surface area contributed by atoms with Crippen molar-refractivity contribution in [3.63, 3.8) is 0 Å². The van der Waals surface area contributed by atoms with Gasteiger partial charge < -0.3 is 5.32 Å². The van der Waals surface area contributed by atoms with E-state index in [2.05, 4.69) is 52.9 Å². The predicted molar refractivity (Wildman–Crippen MR) is 114 cm³/mol. The zero-order valence-corrected chi connectivity index (χ0v) is 16.1. The average molecular weight is 369 g/mol. The van der Waals surface area contributed by atoms with E-state index in [4.69, 9.17) is 0 Å². The maximum atomic E-state index is 12.4. The first kappa shape index (κ1) is 18.0. The minimum atomic E-state index is 0.0268. The van der Waals surface area contributed by atoms with E-state index in [-0.39, 0.29) is 5.91 Å². The van der Waals surface area contributed by atoms with Crippen molar-refractivity contribution < 1.29 is 4.79 Å². The van der Waals surface area contributed by atoms with Gasteiger partial charge in [-0.3, -0.25) is 4.79 Å². The third-order valence-corrected chi connectivity index (χ3v) is 4.89. The highest BCUT2D eigenvalue weighted by atomic mass is 16.1. The van der Waals surface area contributed by atoms with Crippen molar-refractivity contribution in [1.29, 1.82) is 0 Å². The van der Waals surface area contributed by atoms with E-state index in [0.717, 1.165) is 39.1 Å². The Morgan fingerprint density at radius 2 is 1.71 bits per heavy atom. The van der Waals surface area contributed by atoms with E-state index in [1.807, 2.05) is 48.9 Å². The Kier molecular flexibility index (Phi) is 4.94. The van der Waals surface area contributed by atoms with E-state index >= 15 is 0 Å². The fourth-order valence-electron chi connectivity index (χ4n) is 3.50. The van der Waals surface area contributed by atoms with Gasteiger partial charge in [-0.1, -0.05) is 48.5 Å². The van der Waals surface area contributed by atoms with E-state index < -0.39 is 0 Å². The molecule has 4 heteroatoms. The van der Waals surface area contributed by atoms with E-state index in [1.165, 1.54) is 0 Å². The first-order valence-electron chi connectivity index (χ1n) is 9.50. The highest BCUT2D eigenvalue weighted by Gasteiger charge is 2.07. The monoisotopic (exact) mass is 369 g/mol. The number of aryl methyl sites for hydroxylation is 3. The fourth-order valence-corrected chi connectivity index (χ4v) is 3.50. The lowest BCUT2D eigenvalue weighted by Gasteiger charge is -2.09. The number of rotatable bonds is 5. The molecule has 4 aromatic rings. The summed E-state index contributed by atoms with van der Waals surface area (Å²) in [6, 6.07) is 24.3. The molecule has 0 bridgehead atoms. The normalized spacial score (nSPS) is 10.9. The van der Waals surface area contributed by atoms with Crippen molar-refractivity contribution in [3.8, 4) is 5.69 Å². The second-order valence-electron chi connectivity index (χ2n) is 7.08. The molecular formula is C24H23N3O. The van der Waals surface area contributed by atoms with Crippen LogP contribution >= 0.6 is 0 Å². The molecule has 28 heavy (non-hydrogen) atoms. The Morgan fingerprint density at radius 3 is 2.46 bits per heavy atom. The number of nitrogens with one attached hydrogen (secondary N) is 1. The molecule has 1 N–H and O–H groups in total. The number of nitrogens with zero attached hydrogens (tertiary/aromatic N) is 2. The van der Waals surface area contributed by atoms with E-state index in [1.54, 1.807) is 0 Å². The van der Waals surface area contributed by atoms with Gasteiger partial charge in [0.05, 0.1) is 11.4 Å². The van der Waals surface area contributed by atoms with Gasteiger partial charge in [-0.2, -0.15) is 5.10 Å². The molecule has 4 nitrogen and oxygen atoms in total. The number of hydrogen-bond acceptors (Lipinski definition) is 2. The van der Waals surface area contributed by atoms with E-state index in [0.29, 0.717) is 12.8 Å². The van der Waals surface area contributed by atoms with Gasteiger partial charge in [0.2, 0.25) is 5.91 Å². The highest BCUT2D eigenvalue weighted by molar-refractivity contribution is 6.02. The predicted octanol–water partition coefficient (Wildman–Crippen LogP) is 5.21. The summed E-state index contributed by atoms with van der Waals surface area (Å²) < 4.78 is 1.94. The van der Waals surface area contributed by atoms with Gasteiger partial charge in [-0.25, -0.2) is 4.68 Å². The minimum Gasteiger partial charge on any atom is -0.326 e. The van der Waals surface area contributed by atoms with Gasteiger partial charge >= 0.3 is 0 Å². The molecule has 0 unspecified atom stereocenters. The lowest BCUT2D eigenvalue weighted by Crippen LogP contribution is -2.12. The smallest absolute Gasteiger partial charge is 0.224 e. The molecule has 4 rings (SSSR count). The van der Waals surface area contributed by atoms with Gasteiger partial charge in [0.1, 0.15) is 0 Å². The number of fused-ring (bicyclic) bond motifs is 1. The second kappa shape index (κ2) is 7.69. The van der Waals surface area contributed by atoms with Crippen LogP contribution in [0.1, 0.15) is 23.4 Å². The van der Waals surface area contributed by atoms with Crippen molar-refractivity contribution in [3.05, 3.63) is 89.7 Å². The van der Waals surface area contributed by atoms with Crippen molar-refractivity contribution in [2.75, 3.05) is 5.32 Å². The Bertz CT molecular complexity index is 1120. The summed E-state index contributed by atoms with van der Waals surface area (Å²) in [5, 5.41) is 9.75. The van der Waals surface area contributed by atoms with Crippen LogP contribution in [0.5, 0.6) is 0 Å². The number of carbonyl (C=O) groups excluding carboxylic acids is 1. The maximum Gasteiger partial charge on any atom is 0.224 e. The summed E-state index contributed by atoms with van der Waals surface area (Å²) in [4.78, 5) is 12.4. The molecule has 0 spiro atoms. The number of carbonyl (C=O) groups is 1. The fraction of sp³-hybridized carbons (Fsp3) is 0.167. The Labute approximate surface area is 164 Å². The average Bonchev–Trinajstić information content (AvgIpc) is 3.05. The van der Waals surface area contributed by atoms with Crippen molar-refractivity contribution >= 4 is 22.4 Å². The quantitative estimate of drug-likeness (QED) is 0.525. The van der Waals surface area contributed by atoms with Crippen LogP contribution in [-0.4, -0.2) is 15.7 Å². The summed E-state index contributed by atoms with van der Waals surface area (Å²) >= 11 is 0. The molecule has 1 aromatic heterocycles. The van der Waals surface area contributed by atoms with Crippen LogP contribution in [0.3, 0.4) is 0 Å². The topological polar surface area (TPSA) is 46.9 Å². The second-order valence-corrected chi connectivity index (χ2v) is 7.08. The number of hydrogen-bond donors (Lipinski definition) is 1. The number of anilines is 1. The van der Waals surface area contributed by atoms with Crippen LogP contribution in [0.25, 0.3) is 16.5 Å². The maximum absolute atomic E-state index is 12.4. The van der Waals surface area contributed by atoms with Crippen molar-refractivity contribution in [2.45, 2.75) is 26.7 Å². The molecule has 1 heterocycles. The van der Waals surface area contributed by atoms with Crippen LogP contribution in [0, 0.1) is 13.8 Å². The summed E-state index contributed by atoms with van der Waals surface area (Å²) in [6.45, 7) is 4.04. The van der Waals surface area contributed by atoms with Crippen LogP contribution in [0.15, 0.2) is 72.8 Å². The summed E-state index contributed by atoms with van der Waals surface area (Å²) in [7, 11) is 0. The molecule has 0 atom stereocenters. The standard InChI is InChI=1S/C24H23N3O/c1-17-16-18(2)27(26-17)21-13-10-19(11-14-21)12-15-24(28)25-23-9-5-7-20-6-3-4-8-22(20)23/h3-11,13-14,16H,12,15H2,1-2H3,(H,25,28). The van der Waals surface area contributed by atoms with Gasteiger partial charge in [0, 0.05) is 23.2 Å². The van der Waals surface area contributed by atoms with Crippen LogP contribution in [0.2, 0.25) is 0 Å². The molecule has 0 saturated heterocycles. The zero-order chi connectivity index (χ0) is 19.5. The number of aromatic nitrogens is 2. The lowest BCUT2D eigenvalue weighted by atomic mass is 10.1. The SMILES string of the molecule is Cc1cc(C)n(-c2ccc(CCC(=O)Nc3cccc4ccccc34)cc2)n1. The highest BCUT2D eigenvalue weighted by Crippen LogP contribution is 2.23. The molecule has 0 aliphatic heterocycles. The number of amides is 1. The molecule has 140 valence electrons. The van der Waals surface area contributed by atoms with Crippen molar-refractivity contribution in [2.24, 2.45) is 0 Å². The molecule has 1 amide bonds. The number of benzene rings is 3. The Balaban J connectivity index is 1.40. The Hall–Kier alpha value is -3.40. The zero-order valence-electron chi connectivity index (χ0n) is 16.1. The Morgan fingerprint density at radius 1 is 0.964 bits per heavy atom. The molecule has 0 fully saturated rings. The van der Waals surface area contributed by atoms with Crippen molar-refractivity contribution in [1.82, 2.24) is 9.78 Å². The van der Waals surface area contributed by atoms with Crippen LogP contribution in [-0.2, 0) is 11.2 Å². The van der Waals surface area contributed by atoms with Gasteiger partial charge in [-0.05, 0) is 55.5 Å². The summed E-state index contributed by atoms with van der Waals surface area (Å²) in [5.74, 6) is 0.0268. The van der Waals surface area contributed by atoms with Gasteiger partial charge in [0.15, 0.2) is 0 Å². The van der Waals surface area contributed by atoms with Gasteiger partial charge in [0.25, 0.3) is 0 Å². The van der Waals surface area contributed by atoms with Crippen LogP contribution in [0.4, 0.5) is 5.69 Å². The first-order valence-corrected chi connectivity index (χ1v) is 9.50. The summed E-state index contributed by atoms with van der Waals surface area (Å²) in [6.07, 6.45) is 1.15. The van der Waals surface area contributed by atoms with Crippen LogP contribution < -0.4 is 5.32 Å². The molecule has 0 radical (unpaired) electrons. The largest absolute Gasteiger partial charge is 0.326 e. The molecule has 0 saturated carbocycles. The molecule has 0 aliphatic carbocycles. The molecular weight excluding hydrogens is 346 g/mol. The first-order chi connectivity index (χ1) is 13.6. The summed E-state index contributed by atoms with van der Waals surface area (Å²) in [5.41, 5.74) is 5.15. The van der Waals surface area contributed by atoms with E-state index in [9.17, 15) is 4.79 Å². The molecule has 0 aliphatic rings. The third-order valence-electron chi connectivity index (χ3n) is 4.89.